The molecule has 1 atom stereocenters. The molecule has 0 saturated heterocycles. The van der Waals surface area contributed by atoms with Crippen LogP contribution in [0.2, 0.25) is 0 Å². The molecule has 0 aliphatic carbocycles. The molecule has 7 nitrogen and oxygen atoms in total. The summed E-state index contributed by atoms with van der Waals surface area (Å²) in [7, 11) is 0. The standard InChI is InChI=1S/C11H15N5O2/c1-2-3-7(11(17)18)4-12-9-8-10(14-5-13-8)16-6-15-9/h5-7H,2-4H2,1H3,(H,17,18)(H2,12,13,14,15,16). The Bertz CT molecular complexity index is 539. The van der Waals surface area contributed by atoms with E-state index in [-0.39, 0.29) is 0 Å². The Morgan fingerprint density at radius 1 is 1.50 bits per heavy atom. The number of carboxylic acids is 1. The Morgan fingerprint density at radius 3 is 3.06 bits per heavy atom. The van der Waals surface area contributed by atoms with Crippen LogP contribution in [0.25, 0.3) is 11.2 Å². The average molecular weight is 249 g/mol. The maximum atomic E-state index is 11.0. The Labute approximate surface area is 104 Å². The third-order valence-electron chi connectivity index (χ3n) is 2.73. The molecule has 96 valence electrons. The van der Waals surface area contributed by atoms with E-state index >= 15 is 0 Å². The molecule has 0 amide bonds. The summed E-state index contributed by atoms with van der Waals surface area (Å²) in [6.07, 6.45) is 4.41. The molecule has 0 aliphatic rings. The van der Waals surface area contributed by atoms with Gasteiger partial charge in [-0.25, -0.2) is 15.0 Å². The molecule has 2 aromatic rings. The second-order valence-corrected chi connectivity index (χ2v) is 4.03. The fraction of sp³-hybridized carbons (Fsp3) is 0.455. The highest BCUT2D eigenvalue weighted by molar-refractivity contribution is 5.82. The van der Waals surface area contributed by atoms with Crippen molar-refractivity contribution in [1.29, 1.82) is 0 Å². The van der Waals surface area contributed by atoms with Gasteiger partial charge in [-0.15, -0.1) is 0 Å². The summed E-state index contributed by atoms with van der Waals surface area (Å²) in [4.78, 5) is 26.0. The summed E-state index contributed by atoms with van der Waals surface area (Å²) in [5.41, 5.74) is 1.26. The normalized spacial score (nSPS) is 12.5. The zero-order valence-electron chi connectivity index (χ0n) is 10.1. The summed E-state index contributed by atoms with van der Waals surface area (Å²) >= 11 is 0. The van der Waals surface area contributed by atoms with Crippen molar-refractivity contribution in [3.05, 3.63) is 12.7 Å². The number of rotatable bonds is 6. The van der Waals surface area contributed by atoms with Gasteiger partial charge in [0.05, 0.1) is 12.2 Å². The molecule has 0 aliphatic heterocycles. The first-order valence-corrected chi connectivity index (χ1v) is 5.83. The number of H-pyrrole nitrogens is 1. The minimum Gasteiger partial charge on any atom is -0.481 e. The van der Waals surface area contributed by atoms with Crippen molar-refractivity contribution >= 4 is 23.0 Å². The van der Waals surface area contributed by atoms with Crippen molar-refractivity contribution in [2.75, 3.05) is 11.9 Å². The fourth-order valence-electron chi connectivity index (χ4n) is 1.78. The first kappa shape index (κ1) is 12.3. The van der Waals surface area contributed by atoms with Crippen LogP contribution in [0.5, 0.6) is 0 Å². The molecule has 2 aromatic heterocycles. The van der Waals surface area contributed by atoms with Gasteiger partial charge in [0.2, 0.25) is 0 Å². The number of aliphatic carboxylic acids is 1. The number of imidazole rings is 1. The first-order valence-electron chi connectivity index (χ1n) is 5.83. The van der Waals surface area contributed by atoms with E-state index in [1.54, 1.807) is 0 Å². The molecule has 2 rings (SSSR count). The van der Waals surface area contributed by atoms with Crippen LogP contribution >= 0.6 is 0 Å². The molecule has 0 fully saturated rings. The lowest BCUT2D eigenvalue weighted by atomic mass is 10.0. The summed E-state index contributed by atoms with van der Waals surface area (Å²) in [5, 5.41) is 12.1. The second-order valence-electron chi connectivity index (χ2n) is 4.03. The SMILES string of the molecule is CCCC(CNc1ncnc2nc[nH]c12)C(=O)O. The van der Waals surface area contributed by atoms with E-state index in [1.807, 2.05) is 6.92 Å². The highest BCUT2D eigenvalue weighted by Gasteiger charge is 2.16. The molecule has 3 N–H and O–H groups in total. The predicted octanol–water partition coefficient (Wildman–Crippen LogP) is 1.27. The van der Waals surface area contributed by atoms with Crippen LogP contribution in [0.1, 0.15) is 19.8 Å². The third-order valence-corrected chi connectivity index (χ3v) is 2.73. The topological polar surface area (TPSA) is 104 Å². The van der Waals surface area contributed by atoms with E-state index < -0.39 is 11.9 Å². The fourth-order valence-corrected chi connectivity index (χ4v) is 1.78. The van der Waals surface area contributed by atoms with Crippen LogP contribution < -0.4 is 5.32 Å². The zero-order chi connectivity index (χ0) is 13.0. The number of nitrogens with zero attached hydrogens (tertiary/aromatic N) is 3. The number of carbonyl (C=O) groups is 1. The van der Waals surface area contributed by atoms with Crippen LogP contribution in [-0.4, -0.2) is 37.6 Å². The van der Waals surface area contributed by atoms with Crippen LogP contribution in [0.3, 0.4) is 0 Å². The summed E-state index contributed by atoms with van der Waals surface area (Å²) in [5.74, 6) is -0.623. The first-order chi connectivity index (χ1) is 8.72. The Hall–Kier alpha value is -2.18. The largest absolute Gasteiger partial charge is 0.481 e. The Kier molecular flexibility index (Phi) is 3.71. The number of anilines is 1. The van der Waals surface area contributed by atoms with Crippen LogP contribution in [-0.2, 0) is 4.79 Å². The zero-order valence-corrected chi connectivity index (χ0v) is 10.1. The third kappa shape index (κ3) is 2.55. The number of nitrogens with one attached hydrogen (secondary N) is 2. The minimum absolute atomic E-state index is 0.342. The highest BCUT2D eigenvalue weighted by atomic mass is 16.4. The number of hydrogen-bond acceptors (Lipinski definition) is 5. The number of aromatic nitrogens is 4. The minimum atomic E-state index is -0.792. The smallest absolute Gasteiger partial charge is 0.308 e. The molecule has 0 aromatic carbocycles. The lowest BCUT2D eigenvalue weighted by Crippen LogP contribution is -2.23. The molecule has 7 heteroatoms. The highest BCUT2D eigenvalue weighted by Crippen LogP contribution is 2.15. The summed E-state index contributed by atoms with van der Waals surface area (Å²) < 4.78 is 0. The molecule has 0 spiro atoms. The molecule has 0 bridgehead atoms. The van der Waals surface area contributed by atoms with Crippen molar-refractivity contribution < 1.29 is 9.90 Å². The monoisotopic (exact) mass is 249 g/mol. The van der Waals surface area contributed by atoms with Crippen molar-refractivity contribution in [3.8, 4) is 0 Å². The molecule has 18 heavy (non-hydrogen) atoms. The number of fused-ring (bicyclic) bond motifs is 1. The maximum absolute atomic E-state index is 11.0. The van der Waals surface area contributed by atoms with Crippen molar-refractivity contribution in [3.63, 3.8) is 0 Å². The van der Waals surface area contributed by atoms with Gasteiger partial charge < -0.3 is 15.4 Å². The van der Waals surface area contributed by atoms with Crippen LogP contribution in [0.15, 0.2) is 12.7 Å². The molecule has 0 saturated carbocycles. The van der Waals surface area contributed by atoms with Crippen LogP contribution in [0, 0.1) is 5.92 Å². The molecule has 1 unspecified atom stereocenters. The second kappa shape index (κ2) is 5.44. The van der Waals surface area contributed by atoms with E-state index in [9.17, 15) is 4.79 Å². The predicted molar refractivity (Wildman–Crippen MR) is 66.2 cm³/mol. The Balaban J connectivity index is 2.09. The lowest BCUT2D eigenvalue weighted by molar-refractivity contribution is -0.141. The molecule has 2 heterocycles. The van der Waals surface area contributed by atoms with Crippen molar-refractivity contribution in [2.24, 2.45) is 5.92 Å². The Morgan fingerprint density at radius 2 is 2.33 bits per heavy atom. The van der Waals surface area contributed by atoms with Gasteiger partial charge in [-0.2, -0.15) is 0 Å². The van der Waals surface area contributed by atoms with E-state index in [0.717, 1.165) is 6.42 Å². The van der Waals surface area contributed by atoms with Gasteiger partial charge >= 0.3 is 5.97 Å². The molecule has 0 radical (unpaired) electrons. The van der Waals surface area contributed by atoms with E-state index in [1.165, 1.54) is 12.7 Å². The number of carboxylic acid groups (broad SMARTS) is 1. The maximum Gasteiger partial charge on any atom is 0.308 e. The van der Waals surface area contributed by atoms with Gasteiger partial charge in [-0.05, 0) is 6.42 Å². The van der Waals surface area contributed by atoms with Gasteiger partial charge in [0.15, 0.2) is 11.5 Å². The summed E-state index contributed by atoms with van der Waals surface area (Å²) in [6.45, 7) is 2.31. The van der Waals surface area contributed by atoms with Crippen molar-refractivity contribution in [2.45, 2.75) is 19.8 Å². The van der Waals surface area contributed by atoms with Gasteiger partial charge in [0.1, 0.15) is 11.8 Å². The molecular formula is C11H15N5O2. The van der Waals surface area contributed by atoms with Gasteiger partial charge in [-0.1, -0.05) is 13.3 Å². The van der Waals surface area contributed by atoms with E-state index in [2.05, 4.69) is 25.3 Å². The van der Waals surface area contributed by atoms with Crippen LogP contribution in [0.4, 0.5) is 5.82 Å². The van der Waals surface area contributed by atoms with Gasteiger partial charge in [0.25, 0.3) is 0 Å². The lowest BCUT2D eigenvalue weighted by Gasteiger charge is -2.12. The van der Waals surface area contributed by atoms with E-state index in [0.29, 0.717) is 29.9 Å². The van der Waals surface area contributed by atoms with Gasteiger partial charge in [0, 0.05) is 6.54 Å². The van der Waals surface area contributed by atoms with Gasteiger partial charge in [-0.3, -0.25) is 4.79 Å². The average Bonchev–Trinajstić information content (AvgIpc) is 2.82. The van der Waals surface area contributed by atoms with E-state index in [4.69, 9.17) is 5.11 Å². The molecular weight excluding hydrogens is 234 g/mol. The summed E-state index contributed by atoms with van der Waals surface area (Å²) in [6, 6.07) is 0. The quantitative estimate of drug-likeness (QED) is 0.712. The number of hydrogen-bond donors (Lipinski definition) is 3. The van der Waals surface area contributed by atoms with Crippen molar-refractivity contribution in [1.82, 2.24) is 19.9 Å². The number of aromatic amines is 1.